The number of hydrogen-bond acceptors (Lipinski definition) is 1. The molecule has 0 saturated carbocycles. The molecule has 2 rings (SSSR count). The second-order valence-corrected chi connectivity index (χ2v) is 10.2. The van der Waals surface area contributed by atoms with Gasteiger partial charge in [0.2, 0.25) is 0 Å². The molecule has 160 valence electrons. The number of unbranched alkanes of at least 4 members (excludes halogenated alkanes) is 2. The van der Waals surface area contributed by atoms with Gasteiger partial charge < -0.3 is 5.32 Å². The summed E-state index contributed by atoms with van der Waals surface area (Å²) in [5.41, 5.74) is 8.58. The fourth-order valence-corrected chi connectivity index (χ4v) is 4.01. The van der Waals surface area contributed by atoms with Crippen molar-refractivity contribution in [3.05, 3.63) is 58.7 Å². The van der Waals surface area contributed by atoms with E-state index in [4.69, 9.17) is 0 Å². The van der Waals surface area contributed by atoms with Gasteiger partial charge in [0.25, 0.3) is 0 Å². The molecule has 0 saturated heterocycles. The van der Waals surface area contributed by atoms with Crippen LogP contribution in [0.5, 0.6) is 0 Å². The second kappa shape index (κ2) is 9.83. The highest BCUT2D eigenvalue weighted by Gasteiger charge is 2.21. The largest absolute Gasteiger partial charge is 0.355 e. The van der Waals surface area contributed by atoms with Gasteiger partial charge in [-0.25, -0.2) is 0 Å². The van der Waals surface area contributed by atoms with E-state index in [0.717, 1.165) is 12.8 Å². The second-order valence-electron chi connectivity index (χ2n) is 10.2. The maximum atomic E-state index is 3.75. The highest BCUT2D eigenvalue weighted by atomic mass is 14.9. The number of benzene rings is 2. The number of nitrogens with one attached hydrogen (secondary N) is 1. The Kier molecular flexibility index (Phi) is 7.97. The van der Waals surface area contributed by atoms with E-state index in [9.17, 15) is 0 Å². The molecule has 0 aliphatic rings. The lowest BCUT2D eigenvalue weighted by molar-refractivity contribution is 0.450. The molecule has 2 aromatic rings. The smallest absolute Gasteiger partial charge is 0.0416 e. The van der Waals surface area contributed by atoms with Gasteiger partial charge in [-0.1, -0.05) is 98.9 Å². The van der Waals surface area contributed by atoms with Gasteiger partial charge in [0.05, 0.1) is 0 Å². The van der Waals surface area contributed by atoms with E-state index in [0.29, 0.717) is 0 Å². The van der Waals surface area contributed by atoms with Crippen LogP contribution >= 0.6 is 0 Å². The van der Waals surface area contributed by atoms with Crippen molar-refractivity contribution in [2.45, 2.75) is 105 Å². The average Bonchev–Trinajstić information content (AvgIpc) is 2.67. The summed E-state index contributed by atoms with van der Waals surface area (Å²) in [6.07, 6.45) is 7.26. The molecule has 0 aromatic heterocycles. The summed E-state index contributed by atoms with van der Waals surface area (Å²) in [6, 6.07) is 14.0. The third-order valence-electron chi connectivity index (χ3n) is 6.29. The minimum atomic E-state index is 0.183. The first kappa shape index (κ1) is 23.5. The minimum absolute atomic E-state index is 0.183. The van der Waals surface area contributed by atoms with Crippen molar-refractivity contribution < 1.29 is 0 Å². The van der Waals surface area contributed by atoms with Crippen molar-refractivity contribution in [3.63, 3.8) is 0 Å². The quantitative estimate of drug-likeness (QED) is 0.420. The molecule has 0 amide bonds. The molecule has 2 aromatic carbocycles. The highest BCUT2D eigenvalue weighted by Crippen LogP contribution is 2.34. The van der Waals surface area contributed by atoms with Gasteiger partial charge in [-0.15, -0.1) is 0 Å². The fourth-order valence-electron chi connectivity index (χ4n) is 4.01. The fraction of sp³-hybridized carbons (Fsp3) is 0.571. The number of hydrogen-bond donors (Lipinski definition) is 1. The highest BCUT2D eigenvalue weighted by molar-refractivity contribution is 5.67. The van der Waals surface area contributed by atoms with Crippen molar-refractivity contribution in [2.75, 3.05) is 5.32 Å². The molecule has 0 spiro atoms. The Morgan fingerprint density at radius 2 is 1.21 bits per heavy atom. The van der Waals surface area contributed by atoms with E-state index in [-0.39, 0.29) is 10.8 Å². The molecular weight excluding hydrogens is 350 g/mol. The zero-order valence-corrected chi connectivity index (χ0v) is 20.2. The van der Waals surface area contributed by atoms with Gasteiger partial charge >= 0.3 is 0 Å². The monoisotopic (exact) mass is 393 g/mol. The van der Waals surface area contributed by atoms with Crippen molar-refractivity contribution in [2.24, 2.45) is 0 Å². The summed E-state index contributed by atoms with van der Waals surface area (Å²) in [5.74, 6) is 0. The topological polar surface area (TPSA) is 12.0 Å². The Morgan fingerprint density at radius 3 is 1.69 bits per heavy atom. The molecule has 0 radical (unpaired) electrons. The molecular formula is C28H43N. The zero-order valence-electron chi connectivity index (χ0n) is 20.2. The average molecular weight is 394 g/mol. The Hall–Kier alpha value is -1.76. The minimum Gasteiger partial charge on any atom is -0.355 e. The Morgan fingerprint density at radius 1 is 0.690 bits per heavy atom. The Bertz CT molecular complexity index is 792. The van der Waals surface area contributed by atoms with Crippen LogP contribution in [0.4, 0.5) is 11.4 Å². The molecule has 0 aliphatic carbocycles. The van der Waals surface area contributed by atoms with Crippen LogP contribution in [0.3, 0.4) is 0 Å². The summed E-state index contributed by atoms with van der Waals surface area (Å²) >= 11 is 0. The number of anilines is 2. The lowest BCUT2D eigenvalue weighted by Gasteiger charge is -2.27. The van der Waals surface area contributed by atoms with Gasteiger partial charge in [0.15, 0.2) is 0 Å². The van der Waals surface area contributed by atoms with Crippen LogP contribution in [0.25, 0.3) is 0 Å². The van der Waals surface area contributed by atoms with Crippen LogP contribution in [0.15, 0.2) is 36.4 Å². The molecule has 29 heavy (non-hydrogen) atoms. The molecule has 0 bridgehead atoms. The van der Waals surface area contributed by atoms with Crippen LogP contribution in [0, 0.1) is 0 Å². The van der Waals surface area contributed by atoms with Crippen LogP contribution in [0.2, 0.25) is 0 Å². The predicted octanol–water partition coefficient (Wildman–Crippen LogP) is 8.71. The first-order chi connectivity index (χ1) is 13.6. The third kappa shape index (κ3) is 6.11. The zero-order chi connectivity index (χ0) is 21.7. The van der Waals surface area contributed by atoms with Crippen LogP contribution in [-0.2, 0) is 23.7 Å². The predicted molar refractivity (Wildman–Crippen MR) is 131 cm³/mol. The van der Waals surface area contributed by atoms with E-state index in [1.54, 1.807) is 0 Å². The van der Waals surface area contributed by atoms with Gasteiger partial charge in [-0.3, -0.25) is 0 Å². The van der Waals surface area contributed by atoms with E-state index in [2.05, 4.69) is 97.1 Å². The van der Waals surface area contributed by atoms with Gasteiger partial charge in [0.1, 0.15) is 0 Å². The van der Waals surface area contributed by atoms with Gasteiger partial charge in [0, 0.05) is 11.4 Å². The van der Waals surface area contributed by atoms with Gasteiger partial charge in [-0.05, 0) is 64.5 Å². The lowest BCUT2D eigenvalue weighted by Crippen LogP contribution is -2.17. The van der Waals surface area contributed by atoms with E-state index in [1.165, 1.54) is 59.3 Å². The maximum Gasteiger partial charge on any atom is 0.0416 e. The standard InChI is InChI=1S/C28H43N/c1-9-12-13-18-28(7,8)24-15-17-26(22(11-3)20-24)29-25-16-14-23(27(4,5)6)19-21(25)10-2/h14-17,19-20,29H,9-13,18H2,1-8H3. The van der Waals surface area contributed by atoms with Crippen molar-refractivity contribution in [1.82, 2.24) is 0 Å². The maximum absolute atomic E-state index is 3.75. The van der Waals surface area contributed by atoms with Crippen LogP contribution < -0.4 is 5.32 Å². The Labute approximate surface area is 180 Å². The summed E-state index contributed by atoms with van der Waals surface area (Å²) in [7, 11) is 0. The van der Waals surface area contributed by atoms with Crippen molar-refractivity contribution in [3.8, 4) is 0 Å². The van der Waals surface area contributed by atoms with Crippen LogP contribution in [0.1, 0.15) is 103 Å². The molecule has 0 unspecified atom stereocenters. The summed E-state index contributed by atoms with van der Waals surface area (Å²) in [5, 5.41) is 3.75. The number of rotatable bonds is 9. The molecule has 0 heterocycles. The first-order valence-electron chi connectivity index (χ1n) is 11.7. The molecule has 0 atom stereocenters. The molecule has 0 aliphatic heterocycles. The van der Waals surface area contributed by atoms with E-state index < -0.39 is 0 Å². The van der Waals surface area contributed by atoms with Crippen molar-refractivity contribution in [1.29, 1.82) is 0 Å². The Balaban J connectivity index is 2.30. The third-order valence-corrected chi connectivity index (χ3v) is 6.29. The SMILES string of the molecule is CCCCCC(C)(C)c1ccc(Nc2ccc(C(C)(C)C)cc2CC)c(CC)c1. The summed E-state index contributed by atoms with van der Waals surface area (Å²) < 4.78 is 0. The first-order valence-corrected chi connectivity index (χ1v) is 11.7. The summed E-state index contributed by atoms with van der Waals surface area (Å²) in [6.45, 7) is 18.4. The van der Waals surface area contributed by atoms with Gasteiger partial charge in [-0.2, -0.15) is 0 Å². The number of aryl methyl sites for hydroxylation is 2. The summed E-state index contributed by atoms with van der Waals surface area (Å²) in [4.78, 5) is 0. The lowest BCUT2D eigenvalue weighted by atomic mass is 9.79. The molecule has 1 N–H and O–H groups in total. The van der Waals surface area contributed by atoms with Crippen molar-refractivity contribution >= 4 is 11.4 Å². The molecule has 1 nitrogen and oxygen atoms in total. The van der Waals surface area contributed by atoms with E-state index in [1.807, 2.05) is 0 Å². The normalized spacial score (nSPS) is 12.3. The van der Waals surface area contributed by atoms with Crippen LogP contribution in [-0.4, -0.2) is 0 Å². The molecule has 1 heteroatoms. The van der Waals surface area contributed by atoms with E-state index >= 15 is 0 Å². The molecule has 0 fully saturated rings.